The van der Waals surface area contributed by atoms with Crippen LogP contribution < -0.4 is 0 Å². The average Bonchev–Trinajstić information content (AvgIpc) is 2.57. The molecule has 0 atom stereocenters. The minimum absolute atomic E-state index is 0.0128. The third-order valence-corrected chi connectivity index (χ3v) is 7.05. The highest BCUT2D eigenvalue weighted by atomic mass is 19.1. The molecule has 0 aromatic rings. The molecule has 0 aromatic carbocycles. The fraction of sp³-hybridized carbons (Fsp3) is 0.900. The fourth-order valence-electron chi connectivity index (χ4n) is 5.57. The number of rotatable bonds is 3. The zero-order valence-corrected chi connectivity index (χ0v) is 13.9. The third kappa shape index (κ3) is 4.13. The molecule has 0 spiro atoms. The van der Waals surface area contributed by atoms with Crippen LogP contribution >= 0.6 is 0 Å². The van der Waals surface area contributed by atoms with Crippen LogP contribution in [0.15, 0.2) is 12.4 Å². The second kappa shape index (κ2) is 7.95. The van der Waals surface area contributed by atoms with Gasteiger partial charge in [0.25, 0.3) is 0 Å². The first-order chi connectivity index (χ1) is 10.8. The van der Waals surface area contributed by atoms with E-state index in [9.17, 15) is 9.50 Å². The molecule has 2 heteroatoms. The van der Waals surface area contributed by atoms with Gasteiger partial charge in [0, 0.05) is 0 Å². The van der Waals surface area contributed by atoms with Crippen molar-refractivity contribution in [3.05, 3.63) is 12.4 Å². The van der Waals surface area contributed by atoms with Crippen LogP contribution in [-0.2, 0) is 0 Å². The Balaban J connectivity index is 1.40. The molecular formula is C20H33FO. The van der Waals surface area contributed by atoms with Gasteiger partial charge in [0.15, 0.2) is 0 Å². The quantitative estimate of drug-likeness (QED) is 0.716. The molecule has 22 heavy (non-hydrogen) atoms. The Morgan fingerprint density at radius 1 is 0.591 bits per heavy atom. The van der Waals surface area contributed by atoms with Crippen molar-refractivity contribution >= 4 is 0 Å². The molecule has 0 saturated heterocycles. The van der Waals surface area contributed by atoms with Crippen molar-refractivity contribution < 1.29 is 9.50 Å². The molecule has 0 unspecified atom stereocenters. The molecule has 0 aromatic heterocycles. The molecule has 0 bridgehead atoms. The summed E-state index contributed by atoms with van der Waals surface area (Å²) in [7, 11) is 0. The molecule has 3 rings (SSSR count). The summed E-state index contributed by atoms with van der Waals surface area (Å²) in [6, 6.07) is 0. The van der Waals surface area contributed by atoms with Crippen molar-refractivity contribution in [3.8, 4) is 0 Å². The summed E-state index contributed by atoms with van der Waals surface area (Å²) in [5.41, 5.74) is 0. The smallest absolute Gasteiger partial charge is 0.0829 e. The zero-order valence-electron chi connectivity index (χ0n) is 13.9. The van der Waals surface area contributed by atoms with Crippen LogP contribution in [-0.4, -0.2) is 11.2 Å². The maximum atomic E-state index is 12.3. The molecule has 0 heterocycles. The summed E-state index contributed by atoms with van der Waals surface area (Å²) >= 11 is 0. The van der Waals surface area contributed by atoms with Crippen LogP contribution in [0.1, 0.15) is 77.0 Å². The maximum absolute atomic E-state index is 12.3. The first-order valence-corrected chi connectivity index (χ1v) is 9.71. The minimum atomic E-state index is -0.0128. The fourth-order valence-corrected chi connectivity index (χ4v) is 5.57. The van der Waals surface area contributed by atoms with Gasteiger partial charge in [0.05, 0.1) is 12.4 Å². The Hall–Kier alpha value is -0.370. The van der Waals surface area contributed by atoms with Gasteiger partial charge in [-0.15, -0.1) is 0 Å². The van der Waals surface area contributed by atoms with Crippen LogP contribution in [0.4, 0.5) is 4.39 Å². The Labute approximate surface area is 135 Å². The van der Waals surface area contributed by atoms with Gasteiger partial charge < -0.3 is 5.11 Å². The van der Waals surface area contributed by atoms with Gasteiger partial charge in [-0.05, 0) is 107 Å². The van der Waals surface area contributed by atoms with E-state index in [4.69, 9.17) is 0 Å². The lowest BCUT2D eigenvalue weighted by Crippen LogP contribution is -2.30. The average molecular weight is 308 g/mol. The number of allylic oxidation sites excluding steroid dienone is 1. The summed E-state index contributed by atoms with van der Waals surface area (Å²) in [6.07, 6.45) is 17.9. The monoisotopic (exact) mass is 308 g/mol. The lowest BCUT2D eigenvalue weighted by Gasteiger charge is -2.40. The highest BCUT2D eigenvalue weighted by Gasteiger charge is 2.34. The van der Waals surface area contributed by atoms with Crippen LogP contribution in [0, 0.1) is 29.6 Å². The van der Waals surface area contributed by atoms with E-state index in [2.05, 4.69) is 0 Å². The molecule has 3 aliphatic carbocycles. The molecule has 0 aliphatic heterocycles. The van der Waals surface area contributed by atoms with E-state index in [0.717, 1.165) is 42.8 Å². The van der Waals surface area contributed by atoms with E-state index in [1.807, 2.05) is 0 Å². The van der Waals surface area contributed by atoms with Crippen LogP contribution in [0.5, 0.6) is 0 Å². The van der Waals surface area contributed by atoms with E-state index < -0.39 is 0 Å². The molecular weight excluding hydrogens is 275 g/mol. The topological polar surface area (TPSA) is 20.2 Å². The number of hydrogen-bond donors (Lipinski definition) is 1. The summed E-state index contributed by atoms with van der Waals surface area (Å²) in [5, 5.41) is 9.67. The van der Waals surface area contributed by atoms with Crippen LogP contribution in [0.2, 0.25) is 0 Å². The SMILES string of the molecule is OC1CCC(C2CCC(C3CCC(/C=C/F)CC3)CC2)CC1. The largest absolute Gasteiger partial charge is 0.393 e. The van der Waals surface area contributed by atoms with E-state index in [1.165, 1.54) is 64.2 Å². The van der Waals surface area contributed by atoms with Gasteiger partial charge in [0.2, 0.25) is 0 Å². The highest BCUT2D eigenvalue weighted by molar-refractivity contribution is 4.90. The molecule has 126 valence electrons. The summed E-state index contributed by atoms with van der Waals surface area (Å²) < 4.78 is 12.3. The highest BCUT2D eigenvalue weighted by Crippen LogP contribution is 2.45. The van der Waals surface area contributed by atoms with Crippen molar-refractivity contribution in [2.24, 2.45) is 29.6 Å². The Kier molecular flexibility index (Phi) is 5.95. The minimum Gasteiger partial charge on any atom is -0.393 e. The predicted octanol–water partition coefficient (Wildman–Crippen LogP) is 5.63. The molecule has 3 saturated carbocycles. The van der Waals surface area contributed by atoms with Gasteiger partial charge >= 0.3 is 0 Å². The molecule has 1 N–H and O–H groups in total. The number of aliphatic hydroxyl groups excluding tert-OH is 1. The van der Waals surface area contributed by atoms with Crippen molar-refractivity contribution in [2.75, 3.05) is 0 Å². The lowest BCUT2D eigenvalue weighted by atomic mass is 9.65. The second-order valence-electron chi connectivity index (χ2n) is 8.24. The second-order valence-corrected chi connectivity index (χ2v) is 8.24. The number of aliphatic hydroxyl groups is 1. The van der Waals surface area contributed by atoms with E-state index in [-0.39, 0.29) is 6.10 Å². The van der Waals surface area contributed by atoms with Gasteiger partial charge in [-0.25, -0.2) is 4.39 Å². The standard InChI is InChI=1S/C20H33FO/c21-14-13-15-1-3-16(4-2-15)17-5-7-18(8-6-17)19-9-11-20(22)12-10-19/h13-20,22H,1-12H2/b14-13+. The number of hydrogen-bond acceptors (Lipinski definition) is 1. The van der Waals surface area contributed by atoms with Gasteiger partial charge in [-0.1, -0.05) is 6.08 Å². The van der Waals surface area contributed by atoms with Crippen molar-refractivity contribution in [2.45, 2.75) is 83.2 Å². The first-order valence-electron chi connectivity index (χ1n) is 9.71. The summed E-state index contributed by atoms with van der Waals surface area (Å²) in [4.78, 5) is 0. The van der Waals surface area contributed by atoms with Crippen molar-refractivity contribution in [1.82, 2.24) is 0 Å². The van der Waals surface area contributed by atoms with E-state index >= 15 is 0 Å². The molecule has 3 aliphatic rings. The van der Waals surface area contributed by atoms with E-state index in [0.29, 0.717) is 5.92 Å². The molecule has 3 fully saturated rings. The van der Waals surface area contributed by atoms with Crippen molar-refractivity contribution in [1.29, 1.82) is 0 Å². The Bertz CT molecular complexity index is 343. The lowest BCUT2D eigenvalue weighted by molar-refractivity contribution is 0.0677. The predicted molar refractivity (Wildman–Crippen MR) is 89.1 cm³/mol. The molecule has 0 radical (unpaired) electrons. The van der Waals surface area contributed by atoms with Gasteiger partial charge in [0.1, 0.15) is 0 Å². The third-order valence-electron chi connectivity index (χ3n) is 7.05. The molecule has 1 nitrogen and oxygen atoms in total. The molecule has 0 amide bonds. The zero-order chi connectivity index (χ0) is 15.4. The van der Waals surface area contributed by atoms with Gasteiger partial charge in [-0.3, -0.25) is 0 Å². The van der Waals surface area contributed by atoms with Crippen LogP contribution in [0.25, 0.3) is 0 Å². The van der Waals surface area contributed by atoms with Gasteiger partial charge in [-0.2, -0.15) is 0 Å². The van der Waals surface area contributed by atoms with Crippen molar-refractivity contribution in [3.63, 3.8) is 0 Å². The van der Waals surface area contributed by atoms with E-state index in [1.54, 1.807) is 6.08 Å². The summed E-state index contributed by atoms with van der Waals surface area (Å²) in [5.74, 6) is 4.20. The van der Waals surface area contributed by atoms with Crippen LogP contribution in [0.3, 0.4) is 0 Å². The number of halogens is 1. The first kappa shape index (κ1) is 16.5. The Morgan fingerprint density at radius 3 is 1.36 bits per heavy atom. The normalized spacial score (nSPS) is 44.3. The Morgan fingerprint density at radius 2 is 0.955 bits per heavy atom. The summed E-state index contributed by atoms with van der Waals surface area (Å²) in [6.45, 7) is 0. The maximum Gasteiger partial charge on any atom is 0.0829 e.